The number of hydrogen-bond acceptors (Lipinski definition) is 4. The van der Waals surface area contributed by atoms with E-state index in [1.165, 1.54) is 6.42 Å². The van der Waals surface area contributed by atoms with E-state index in [4.69, 9.17) is 5.84 Å². The summed E-state index contributed by atoms with van der Waals surface area (Å²) in [6.07, 6.45) is 4.75. The van der Waals surface area contributed by atoms with Crippen molar-refractivity contribution in [2.75, 3.05) is 5.43 Å². The third-order valence-electron chi connectivity index (χ3n) is 4.06. The molecule has 1 aliphatic carbocycles. The second kappa shape index (κ2) is 5.64. The monoisotopic (exact) mass is 290 g/mol. The van der Waals surface area contributed by atoms with Crippen molar-refractivity contribution in [1.82, 2.24) is 10.3 Å². The van der Waals surface area contributed by atoms with Crippen LogP contribution in [0, 0.1) is 10.8 Å². The van der Waals surface area contributed by atoms with E-state index in [-0.39, 0.29) is 22.8 Å². The molecule has 1 aromatic rings. The summed E-state index contributed by atoms with van der Waals surface area (Å²) < 4.78 is 0. The number of aromatic nitrogens is 1. The van der Waals surface area contributed by atoms with Gasteiger partial charge in [0.1, 0.15) is 5.82 Å². The lowest BCUT2D eigenvalue weighted by Crippen LogP contribution is -2.46. The van der Waals surface area contributed by atoms with Crippen molar-refractivity contribution >= 4 is 11.7 Å². The van der Waals surface area contributed by atoms with Gasteiger partial charge in [-0.2, -0.15) is 0 Å². The maximum absolute atomic E-state index is 12.3. The van der Waals surface area contributed by atoms with E-state index in [1.54, 1.807) is 18.3 Å². The largest absolute Gasteiger partial charge is 0.349 e. The molecule has 1 heterocycles. The molecule has 0 spiro atoms. The van der Waals surface area contributed by atoms with Gasteiger partial charge in [0, 0.05) is 12.2 Å². The zero-order valence-electron chi connectivity index (χ0n) is 13.4. The molecule has 0 radical (unpaired) electrons. The number of nitrogen functional groups attached to an aromatic ring is 1. The first kappa shape index (κ1) is 15.8. The van der Waals surface area contributed by atoms with E-state index < -0.39 is 0 Å². The number of nitrogens with zero attached hydrogens (tertiary/aromatic N) is 1. The summed E-state index contributed by atoms with van der Waals surface area (Å²) in [7, 11) is 0. The Hall–Kier alpha value is -1.62. The maximum Gasteiger partial charge on any atom is 0.253 e. The minimum absolute atomic E-state index is 0.0652. The Morgan fingerprint density at radius 2 is 1.86 bits per heavy atom. The van der Waals surface area contributed by atoms with Crippen molar-refractivity contribution in [2.45, 2.75) is 53.0 Å². The molecule has 5 heteroatoms. The third-order valence-corrected chi connectivity index (χ3v) is 4.06. The average molecular weight is 290 g/mol. The number of carbonyl (C=O) groups is 1. The van der Waals surface area contributed by atoms with E-state index >= 15 is 0 Å². The Kier molecular flexibility index (Phi) is 4.23. The predicted octanol–water partition coefficient (Wildman–Crippen LogP) is 2.70. The molecule has 116 valence electrons. The quantitative estimate of drug-likeness (QED) is 0.590. The Bertz CT molecular complexity index is 492. The highest BCUT2D eigenvalue weighted by atomic mass is 16.1. The number of amides is 1. The van der Waals surface area contributed by atoms with Gasteiger partial charge in [-0.15, -0.1) is 0 Å². The Labute approximate surface area is 126 Å². The van der Waals surface area contributed by atoms with Gasteiger partial charge in [-0.05, 0) is 42.2 Å². The molecule has 0 bridgehead atoms. The lowest BCUT2D eigenvalue weighted by molar-refractivity contribution is 0.0713. The summed E-state index contributed by atoms with van der Waals surface area (Å²) in [6, 6.07) is 3.64. The fourth-order valence-corrected chi connectivity index (χ4v) is 3.83. The van der Waals surface area contributed by atoms with Gasteiger partial charge in [-0.25, -0.2) is 10.8 Å². The van der Waals surface area contributed by atoms with Crippen LogP contribution in [-0.2, 0) is 0 Å². The van der Waals surface area contributed by atoms with Crippen molar-refractivity contribution < 1.29 is 4.79 Å². The van der Waals surface area contributed by atoms with Gasteiger partial charge in [0.25, 0.3) is 5.91 Å². The van der Waals surface area contributed by atoms with Gasteiger partial charge in [-0.3, -0.25) is 4.79 Å². The number of hydrazine groups is 1. The highest BCUT2D eigenvalue weighted by Gasteiger charge is 2.38. The highest BCUT2D eigenvalue weighted by molar-refractivity contribution is 5.94. The molecule has 1 fully saturated rings. The Morgan fingerprint density at radius 3 is 2.33 bits per heavy atom. The fraction of sp³-hybridized carbons (Fsp3) is 0.625. The van der Waals surface area contributed by atoms with E-state index in [9.17, 15) is 4.79 Å². The summed E-state index contributed by atoms with van der Waals surface area (Å²) in [4.78, 5) is 16.4. The van der Waals surface area contributed by atoms with Crippen LogP contribution in [0.25, 0.3) is 0 Å². The van der Waals surface area contributed by atoms with Gasteiger partial charge < -0.3 is 10.7 Å². The first-order valence-corrected chi connectivity index (χ1v) is 7.44. The van der Waals surface area contributed by atoms with Gasteiger partial charge in [0.15, 0.2) is 0 Å². The van der Waals surface area contributed by atoms with Crippen LogP contribution in [0.5, 0.6) is 0 Å². The molecule has 5 nitrogen and oxygen atoms in total. The van der Waals surface area contributed by atoms with E-state index in [0.717, 1.165) is 12.8 Å². The zero-order chi connectivity index (χ0) is 15.7. The minimum atomic E-state index is -0.0652. The van der Waals surface area contributed by atoms with Crippen LogP contribution in [0.3, 0.4) is 0 Å². The first-order valence-electron chi connectivity index (χ1n) is 7.44. The molecule has 0 atom stereocenters. The molecule has 0 saturated heterocycles. The summed E-state index contributed by atoms with van der Waals surface area (Å²) in [5, 5.41) is 3.15. The molecule has 2 rings (SSSR count). The van der Waals surface area contributed by atoms with E-state index in [2.05, 4.69) is 43.4 Å². The Balaban J connectivity index is 2.04. The number of hydrogen-bond donors (Lipinski definition) is 3. The number of carbonyl (C=O) groups excluding carboxylic acids is 1. The predicted molar refractivity (Wildman–Crippen MR) is 84.7 cm³/mol. The number of nitrogens with two attached hydrogens (primary N) is 1. The van der Waals surface area contributed by atoms with Crippen LogP contribution in [0.1, 0.15) is 57.3 Å². The summed E-state index contributed by atoms with van der Waals surface area (Å²) >= 11 is 0. The number of anilines is 1. The van der Waals surface area contributed by atoms with Crippen LogP contribution >= 0.6 is 0 Å². The second-order valence-electron chi connectivity index (χ2n) is 7.66. The van der Waals surface area contributed by atoms with Crippen molar-refractivity contribution in [3.63, 3.8) is 0 Å². The maximum atomic E-state index is 12.3. The van der Waals surface area contributed by atoms with Gasteiger partial charge >= 0.3 is 0 Å². The minimum Gasteiger partial charge on any atom is -0.349 e. The normalized spacial score (nSPS) is 20.8. The first-order chi connectivity index (χ1) is 9.71. The summed E-state index contributed by atoms with van der Waals surface area (Å²) in [5.74, 6) is 5.75. The molecule has 1 aliphatic rings. The molecular formula is C16H26N4O. The standard InChI is InChI=1S/C16H26N4O/c1-15(2)7-12(8-16(3,4)10-15)19-14(21)11-5-6-13(20-17)18-9-11/h5-6,9,12H,7-8,10,17H2,1-4H3,(H,18,20)(H,19,21). The van der Waals surface area contributed by atoms with Crippen LogP contribution in [0.4, 0.5) is 5.82 Å². The summed E-state index contributed by atoms with van der Waals surface area (Å²) in [6.45, 7) is 9.10. The van der Waals surface area contributed by atoms with Gasteiger partial charge in [0.05, 0.1) is 5.56 Å². The van der Waals surface area contributed by atoms with E-state index in [1.807, 2.05) is 0 Å². The van der Waals surface area contributed by atoms with Gasteiger partial charge in [-0.1, -0.05) is 27.7 Å². The van der Waals surface area contributed by atoms with Crippen molar-refractivity contribution in [2.24, 2.45) is 16.7 Å². The molecule has 4 N–H and O–H groups in total. The molecular weight excluding hydrogens is 264 g/mol. The SMILES string of the molecule is CC1(C)CC(NC(=O)c2ccc(NN)nc2)CC(C)(C)C1. The van der Waals surface area contributed by atoms with Crippen molar-refractivity contribution in [3.8, 4) is 0 Å². The molecule has 1 saturated carbocycles. The summed E-state index contributed by atoms with van der Waals surface area (Å²) in [5.41, 5.74) is 3.53. The van der Waals surface area contributed by atoms with Crippen LogP contribution < -0.4 is 16.6 Å². The molecule has 0 aromatic carbocycles. The highest BCUT2D eigenvalue weighted by Crippen LogP contribution is 2.45. The molecule has 0 aliphatic heterocycles. The van der Waals surface area contributed by atoms with Gasteiger partial charge in [0.2, 0.25) is 0 Å². The van der Waals surface area contributed by atoms with Crippen LogP contribution in [-0.4, -0.2) is 16.9 Å². The molecule has 1 amide bonds. The van der Waals surface area contributed by atoms with Crippen molar-refractivity contribution in [3.05, 3.63) is 23.9 Å². The zero-order valence-corrected chi connectivity index (χ0v) is 13.4. The third kappa shape index (κ3) is 4.17. The lowest BCUT2D eigenvalue weighted by atomic mass is 9.63. The average Bonchev–Trinajstić information content (AvgIpc) is 2.35. The molecule has 0 unspecified atom stereocenters. The fourth-order valence-electron chi connectivity index (χ4n) is 3.83. The Morgan fingerprint density at radius 1 is 1.24 bits per heavy atom. The van der Waals surface area contributed by atoms with Crippen molar-refractivity contribution in [1.29, 1.82) is 0 Å². The van der Waals surface area contributed by atoms with E-state index in [0.29, 0.717) is 11.4 Å². The topological polar surface area (TPSA) is 80.0 Å². The molecule has 21 heavy (non-hydrogen) atoms. The number of rotatable bonds is 3. The van der Waals surface area contributed by atoms with Crippen LogP contribution in [0.15, 0.2) is 18.3 Å². The number of nitrogens with one attached hydrogen (secondary N) is 2. The second-order valence-corrected chi connectivity index (χ2v) is 7.66. The number of pyridine rings is 1. The van der Waals surface area contributed by atoms with Crippen LogP contribution in [0.2, 0.25) is 0 Å². The smallest absolute Gasteiger partial charge is 0.253 e. The lowest BCUT2D eigenvalue weighted by Gasteiger charge is -2.45. The molecule has 1 aromatic heterocycles.